The topological polar surface area (TPSA) is 28.7 Å². The van der Waals surface area contributed by atoms with Crippen LogP contribution < -0.4 is 0 Å². The fraction of sp³-hybridized carbons (Fsp3) is 0.0714. The Bertz CT molecular complexity index is 689. The Kier molecular flexibility index (Phi) is 2.80. The third-order valence-corrected chi connectivity index (χ3v) is 3.21. The van der Waals surface area contributed by atoms with Crippen molar-refractivity contribution in [2.75, 3.05) is 0 Å². The largest absolute Gasteiger partial charge is 0.338 e. The normalized spacial score (nSPS) is 11.0. The first kappa shape index (κ1) is 11.3. The summed E-state index contributed by atoms with van der Waals surface area (Å²) in [6, 6.07) is 12.3. The Morgan fingerprint density at radius 3 is 2.61 bits per heavy atom. The molecule has 0 fully saturated rings. The van der Waals surface area contributed by atoms with Gasteiger partial charge in [0.15, 0.2) is 0 Å². The number of thiol groups is 1. The molecule has 0 spiro atoms. The Labute approximate surface area is 109 Å². The molecule has 0 unspecified atom stereocenters. The Morgan fingerprint density at radius 1 is 1.11 bits per heavy atom. The Hall–Kier alpha value is -1.81. The average molecular weight is 258 g/mol. The molecule has 0 aliphatic rings. The summed E-state index contributed by atoms with van der Waals surface area (Å²) in [4.78, 5) is 7.72. The molecule has 0 aliphatic heterocycles. The number of H-pyrrole nitrogens is 1. The molecule has 2 aromatic carbocycles. The monoisotopic (exact) mass is 258 g/mol. The van der Waals surface area contributed by atoms with Crippen LogP contribution in [0.1, 0.15) is 5.56 Å². The minimum Gasteiger partial charge on any atom is -0.338 e. The number of imidazole rings is 1. The van der Waals surface area contributed by atoms with Gasteiger partial charge in [0.05, 0.1) is 11.0 Å². The van der Waals surface area contributed by atoms with Gasteiger partial charge in [-0.25, -0.2) is 9.37 Å². The molecule has 1 N–H and O–H groups in total. The van der Waals surface area contributed by atoms with E-state index >= 15 is 0 Å². The Morgan fingerprint density at radius 2 is 1.89 bits per heavy atom. The third kappa shape index (κ3) is 1.99. The lowest BCUT2D eigenvalue weighted by Gasteiger charge is -1.95. The van der Waals surface area contributed by atoms with Crippen molar-refractivity contribution < 1.29 is 4.39 Å². The average Bonchev–Trinajstić information content (AvgIpc) is 2.82. The van der Waals surface area contributed by atoms with Gasteiger partial charge in [-0.1, -0.05) is 6.07 Å². The van der Waals surface area contributed by atoms with Gasteiger partial charge in [0.1, 0.15) is 11.6 Å². The second-order valence-corrected chi connectivity index (χ2v) is 4.42. The van der Waals surface area contributed by atoms with Crippen LogP contribution in [0.15, 0.2) is 42.5 Å². The maximum absolute atomic E-state index is 12.9. The number of fused-ring (bicyclic) bond motifs is 1. The minimum absolute atomic E-state index is 0.243. The lowest BCUT2D eigenvalue weighted by atomic mass is 10.2. The first-order valence-electron chi connectivity index (χ1n) is 5.62. The fourth-order valence-corrected chi connectivity index (χ4v) is 2.10. The number of hydrogen-bond donors (Lipinski definition) is 2. The van der Waals surface area contributed by atoms with Gasteiger partial charge in [0.25, 0.3) is 0 Å². The van der Waals surface area contributed by atoms with Crippen molar-refractivity contribution >= 4 is 23.7 Å². The maximum atomic E-state index is 12.9. The van der Waals surface area contributed by atoms with E-state index in [9.17, 15) is 4.39 Å². The zero-order chi connectivity index (χ0) is 12.5. The molecule has 0 radical (unpaired) electrons. The highest BCUT2D eigenvalue weighted by molar-refractivity contribution is 7.79. The van der Waals surface area contributed by atoms with E-state index < -0.39 is 0 Å². The van der Waals surface area contributed by atoms with Gasteiger partial charge >= 0.3 is 0 Å². The lowest BCUT2D eigenvalue weighted by Crippen LogP contribution is -1.80. The molecule has 3 aromatic rings. The van der Waals surface area contributed by atoms with Crippen LogP contribution in [0.3, 0.4) is 0 Å². The van der Waals surface area contributed by atoms with E-state index in [0.29, 0.717) is 5.75 Å². The molecule has 0 saturated carbocycles. The maximum Gasteiger partial charge on any atom is 0.138 e. The van der Waals surface area contributed by atoms with Crippen molar-refractivity contribution in [3.8, 4) is 11.4 Å². The number of hydrogen-bond acceptors (Lipinski definition) is 2. The fourth-order valence-electron chi connectivity index (χ4n) is 1.90. The van der Waals surface area contributed by atoms with E-state index in [0.717, 1.165) is 28.0 Å². The number of halogens is 1. The molecule has 18 heavy (non-hydrogen) atoms. The van der Waals surface area contributed by atoms with Crippen LogP contribution in [0.25, 0.3) is 22.4 Å². The number of nitrogens with zero attached hydrogens (tertiary/aromatic N) is 1. The molecule has 90 valence electrons. The van der Waals surface area contributed by atoms with Gasteiger partial charge in [-0.05, 0) is 42.0 Å². The smallest absolute Gasteiger partial charge is 0.138 e. The summed E-state index contributed by atoms with van der Waals surface area (Å²) in [5.41, 5.74) is 3.89. The van der Waals surface area contributed by atoms with Gasteiger partial charge in [-0.3, -0.25) is 0 Å². The summed E-state index contributed by atoms with van der Waals surface area (Å²) in [6.45, 7) is 0. The SMILES string of the molecule is Fc1ccc(-c2nc3ccc(CS)cc3[nH]2)cc1. The van der Waals surface area contributed by atoms with Crippen LogP contribution in [0.2, 0.25) is 0 Å². The van der Waals surface area contributed by atoms with Gasteiger partial charge in [-0.15, -0.1) is 0 Å². The molecule has 0 bridgehead atoms. The van der Waals surface area contributed by atoms with E-state index in [1.165, 1.54) is 12.1 Å². The minimum atomic E-state index is -0.243. The molecule has 0 aliphatic carbocycles. The van der Waals surface area contributed by atoms with Crippen LogP contribution >= 0.6 is 12.6 Å². The van der Waals surface area contributed by atoms with Crippen molar-refractivity contribution in [1.29, 1.82) is 0 Å². The van der Waals surface area contributed by atoms with Crippen molar-refractivity contribution in [2.45, 2.75) is 5.75 Å². The van der Waals surface area contributed by atoms with Crippen molar-refractivity contribution in [3.63, 3.8) is 0 Å². The van der Waals surface area contributed by atoms with Crippen LogP contribution in [0, 0.1) is 5.82 Å². The standard InChI is InChI=1S/C14H11FN2S/c15-11-4-2-10(3-5-11)14-16-12-6-1-9(8-18)7-13(12)17-14/h1-7,18H,8H2,(H,16,17). The van der Waals surface area contributed by atoms with Crippen molar-refractivity contribution in [2.24, 2.45) is 0 Å². The summed E-state index contributed by atoms with van der Waals surface area (Å²) in [7, 11) is 0. The molecule has 2 nitrogen and oxygen atoms in total. The van der Waals surface area contributed by atoms with Crippen LogP contribution in [-0.4, -0.2) is 9.97 Å². The molecule has 3 rings (SSSR count). The number of aromatic nitrogens is 2. The molecular weight excluding hydrogens is 247 g/mol. The van der Waals surface area contributed by atoms with E-state index in [1.807, 2.05) is 18.2 Å². The highest BCUT2D eigenvalue weighted by Gasteiger charge is 2.05. The molecule has 0 atom stereocenters. The highest BCUT2D eigenvalue weighted by atomic mass is 32.1. The lowest BCUT2D eigenvalue weighted by molar-refractivity contribution is 0.628. The van der Waals surface area contributed by atoms with E-state index in [2.05, 4.69) is 22.6 Å². The van der Waals surface area contributed by atoms with Crippen LogP contribution in [-0.2, 0) is 5.75 Å². The first-order chi connectivity index (χ1) is 8.76. The summed E-state index contributed by atoms with van der Waals surface area (Å²) in [6.07, 6.45) is 0. The quantitative estimate of drug-likeness (QED) is 0.672. The summed E-state index contributed by atoms with van der Waals surface area (Å²) in [5, 5.41) is 0. The van der Waals surface area contributed by atoms with Gasteiger partial charge in [0, 0.05) is 11.3 Å². The van der Waals surface area contributed by atoms with E-state index in [-0.39, 0.29) is 5.82 Å². The second-order valence-electron chi connectivity index (χ2n) is 4.10. The number of aromatic amines is 1. The number of rotatable bonds is 2. The zero-order valence-electron chi connectivity index (χ0n) is 9.52. The summed E-state index contributed by atoms with van der Waals surface area (Å²) >= 11 is 4.25. The van der Waals surface area contributed by atoms with Gasteiger partial charge in [-0.2, -0.15) is 12.6 Å². The molecule has 0 saturated heterocycles. The zero-order valence-corrected chi connectivity index (χ0v) is 10.4. The van der Waals surface area contributed by atoms with Crippen LogP contribution in [0.5, 0.6) is 0 Å². The molecule has 0 amide bonds. The van der Waals surface area contributed by atoms with E-state index in [4.69, 9.17) is 0 Å². The molecular formula is C14H11FN2S. The van der Waals surface area contributed by atoms with Crippen LogP contribution in [0.4, 0.5) is 4.39 Å². The van der Waals surface area contributed by atoms with Gasteiger partial charge in [0.2, 0.25) is 0 Å². The predicted octanol–water partition coefficient (Wildman–Crippen LogP) is 3.80. The van der Waals surface area contributed by atoms with E-state index in [1.54, 1.807) is 12.1 Å². The number of benzene rings is 2. The third-order valence-electron chi connectivity index (χ3n) is 2.85. The van der Waals surface area contributed by atoms with Gasteiger partial charge < -0.3 is 4.98 Å². The second kappa shape index (κ2) is 4.46. The summed E-state index contributed by atoms with van der Waals surface area (Å²) < 4.78 is 12.9. The highest BCUT2D eigenvalue weighted by Crippen LogP contribution is 2.21. The Balaban J connectivity index is 2.10. The molecule has 1 heterocycles. The van der Waals surface area contributed by atoms with Crippen molar-refractivity contribution in [1.82, 2.24) is 9.97 Å². The predicted molar refractivity (Wildman–Crippen MR) is 74.2 cm³/mol. The molecule has 1 aromatic heterocycles. The summed E-state index contributed by atoms with van der Waals surface area (Å²) in [5.74, 6) is 1.20. The van der Waals surface area contributed by atoms with Crippen molar-refractivity contribution in [3.05, 3.63) is 53.8 Å². The number of nitrogens with one attached hydrogen (secondary N) is 1. The first-order valence-corrected chi connectivity index (χ1v) is 6.25. The molecule has 4 heteroatoms.